The highest BCUT2D eigenvalue weighted by Crippen LogP contribution is 2.33. The summed E-state index contributed by atoms with van der Waals surface area (Å²) in [6.07, 6.45) is 4.87. The maximum absolute atomic E-state index is 5.34. The Bertz CT molecular complexity index is 332. The smallest absolute Gasteiger partial charge is 0.252 e. The summed E-state index contributed by atoms with van der Waals surface area (Å²) in [4.78, 5) is 4.39. The van der Waals surface area contributed by atoms with Crippen LogP contribution in [0.1, 0.15) is 50.2 Å². The highest BCUT2D eigenvalue weighted by atomic mass is 16.5. The summed E-state index contributed by atoms with van der Waals surface area (Å²) in [6.45, 7) is 3.71. The molecule has 0 amide bonds. The number of aromatic nitrogens is 2. The van der Waals surface area contributed by atoms with Gasteiger partial charge in [-0.05, 0) is 18.8 Å². The zero-order valence-electron chi connectivity index (χ0n) is 10.4. The molecule has 1 aliphatic rings. The highest BCUT2D eigenvalue weighted by Gasteiger charge is 2.23. The zero-order valence-corrected chi connectivity index (χ0v) is 10.4. The van der Waals surface area contributed by atoms with Crippen LogP contribution in [-0.4, -0.2) is 23.3 Å². The van der Waals surface area contributed by atoms with Crippen LogP contribution < -0.4 is 5.73 Å². The molecule has 0 unspecified atom stereocenters. The lowest BCUT2D eigenvalue weighted by Crippen LogP contribution is -2.12. The highest BCUT2D eigenvalue weighted by molar-refractivity contribution is 4.97. The minimum Gasteiger partial charge on any atom is -0.370 e. The molecule has 5 nitrogen and oxygen atoms in total. The van der Waals surface area contributed by atoms with E-state index >= 15 is 0 Å². The Morgan fingerprint density at radius 2 is 2.12 bits per heavy atom. The van der Waals surface area contributed by atoms with Crippen LogP contribution in [0, 0.1) is 5.92 Å². The van der Waals surface area contributed by atoms with Gasteiger partial charge in [0.1, 0.15) is 6.61 Å². The minimum atomic E-state index is 0.368. The van der Waals surface area contributed by atoms with Gasteiger partial charge in [0.2, 0.25) is 0 Å². The van der Waals surface area contributed by atoms with Crippen LogP contribution >= 0.6 is 0 Å². The summed E-state index contributed by atoms with van der Waals surface area (Å²) in [5.41, 5.74) is 5.34. The second kappa shape index (κ2) is 6.12. The van der Waals surface area contributed by atoms with Crippen LogP contribution in [0.2, 0.25) is 0 Å². The third-order valence-corrected chi connectivity index (χ3v) is 3.35. The Labute approximate surface area is 102 Å². The van der Waals surface area contributed by atoms with E-state index in [4.69, 9.17) is 15.0 Å². The van der Waals surface area contributed by atoms with Crippen molar-refractivity contribution in [3.63, 3.8) is 0 Å². The first kappa shape index (κ1) is 12.5. The molecule has 1 fully saturated rings. The number of hydrogen-bond acceptors (Lipinski definition) is 5. The largest absolute Gasteiger partial charge is 0.370 e. The summed E-state index contributed by atoms with van der Waals surface area (Å²) < 4.78 is 10.4. The van der Waals surface area contributed by atoms with Crippen molar-refractivity contribution in [2.24, 2.45) is 11.7 Å². The van der Waals surface area contributed by atoms with Crippen LogP contribution in [0.3, 0.4) is 0 Å². The topological polar surface area (TPSA) is 74.2 Å². The van der Waals surface area contributed by atoms with E-state index < -0.39 is 0 Å². The molecule has 1 heterocycles. The summed E-state index contributed by atoms with van der Waals surface area (Å²) in [5.74, 6) is 2.72. The van der Waals surface area contributed by atoms with Gasteiger partial charge >= 0.3 is 0 Å². The Balaban J connectivity index is 1.85. The van der Waals surface area contributed by atoms with Crippen LogP contribution in [-0.2, 0) is 11.3 Å². The van der Waals surface area contributed by atoms with E-state index in [0.29, 0.717) is 31.6 Å². The third kappa shape index (κ3) is 3.51. The molecule has 1 aromatic rings. The fraction of sp³-hybridized carbons (Fsp3) is 0.833. The molecule has 96 valence electrons. The predicted molar refractivity (Wildman–Crippen MR) is 63.4 cm³/mol. The maximum Gasteiger partial charge on any atom is 0.252 e. The molecule has 17 heavy (non-hydrogen) atoms. The number of rotatable bonds is 5. The van der Waals surface area contributed by atoms with Crippen molar-refractivity contribution in [3.8, 4) is 0 Å². The predicted octanol–water partition coefficient (Wildman–Crippen LogP) is 1.84. The van der Waals surface area contributed by atoms with Crippen molar-refractivity contribution in [2.75, 3.05) is 13.2 Å². The van der Waals surface area contributed by atoms with Crippen molar-refractivity contribution >= 4 is 0 Å². The van der Waals surface area contributed by atoms with Gasteiger partial charge in [0.05, 0.1) is 6.61 Å². The number of nitrogens with zero attached hydrogens (tertiary/aromatic N) is 2. The van der Waals surface area contributed by atoms with E-state index in [1.165, 1.54) is 25.7 Å². The van der Waals surface area contributed by atoms with E-state index in [1.54, 1.807) is 0 Å². The fourth-order valence-electron chi connectivity index (χ4n) is 2.25. The van der Waals surface area contributed by atoms with Crippen LogP contribution in [0.4, 0.5) is 0 Å². The van der Waals surface area contributed by atoms with Gasteiger partial charge in [-0.15, -0.1) is 0 Å². The summed E-state index contributed by atoms with van der Waals surface area (Å²) in [5, 5.41) is 4.05. The molecule has 0 aliphatic heterocycles. The zero-order chi connectivity index (χ0) is 12.1. The molecule has 0 saturated heterocycles. The van der Waals surface area contributed by atoms with Crippen molar-refractivity contribution in [3.05, 3.63) is 11.7 Å². The molecular weight excluding hydrogens is 218 g/mol. The summed E-state index contributed by atoms with van der Waals surface area (Å²) in [6, 6.07) is 0. The van der Waals surface area contributed by atoms with Gasteiger partial charge < -0.3 is 15.0 Å². The summed E-state index contributed by atoms with van der Waals surface area (Å²) >= 11 is 0. The van der Waals surface area contributed by atoms with Crippen molar-refractivity contribution < 1.29 is 9.26 Å². The Kier molecular flexibility index (Phi) is 4.50. The Morgan fingerprint density at radius 3 is 2.82 bits per heavy atom. The molecule has 0 atom stereocenters. The Hall–Kier alpha value is -0.940. The molecule has 0 spiro atoms. The first-order valence-electron chi connectivity index (χ1n) is 6.40. The van der Waals surface area contributed by atoms with Crippen LogP contribution in [0.15, 0.2) is 4.52 Å². The summed E-state index contributed by atoms with van der Waals surface area (Å²) in [7, 11) is 0. The second-order valence-electron chi connectivity index (χ2n) is 4.84. The molecule has 1 aromatic heterocycles. The second-order valence-corrected chi connectivity index (χ2v) is 4.84. The van der Waals surface area contributed by atoms with Crippen LogP contribution in [0.25, 0.3) is 0 Å². The molecule has 1 saturated carbocycles. The molecular formula is C12H21N3O2. The quantitative estimate of drug-likeness (QED) is 0.793. The Morgan fingerprint density at radius 1 is 1.35 bits per heavy atom. The standard InChI is InChI=1S/C12H21N3O2/c1-9-2-4-10(5-3-9)12-14-11(17-15-12)8-16-7-6-13/h9-10H,2-8,13H2,1H3. The number of ether oxygens (including phenoxy) is 1. The monoisotopic (exact) mass is 239 g/mol. The SMILES string of the molecule is CC1CCC(c2noc(COCCN)n2)CC1. The van der Waals surface area contributed by atoms with Crippen LogP contribution in [0.5, 0.6) is 0 Å². The van der Waals surface area contributed by atoms with E-state index in [-0.39, 0.29) is 0 Å². The lowest BCUT2D eigenvalue weighted by Gasteiger charge is -2.23. The van der Waals surface area contributed by atoms with Gasteiger partial charge in [-0.25, -0.2) is 0 Å². The first-order valence-corrected chi connectivity index (χ1v) is 6.40. The van der Waals surface area contributed by atoms with Crippen molar-refractivity contribution in [1.82, 2.24) is 10.1 Å². The van der Waals surface area contributed by atoms with Crippen molar-refractivity contribution in [2.45, 2.75) is 45.1 Å². The molecule has 0 aromatic carbocycles. The lowest BCUT2D eigenvalue weighted by molar-refractivity contribution is 0.104. The molecule has 5 heteroatoms. The lowest BCUT2D eigenvalue weighted by atomic mass is 9.83. The molecule has 1 aliphatic carbocycles. The molecule has 0 bridgehead atoms. The average molecular weight is 239 g/mol. The average Bonchev–Trinajstić information content (AvgIpc) is 2.79. The van der Waals surface area contributed by atoms with Crippen molar-refractivity contribution in [1.29, 1.82) is 0 Å². The van der Waals surface area contributed by atoms with Gasteiger partial charge in [-0.3, -0.25) is 0 Å². The third-order valence-electron chi connectivity index (χ3n) is 3.35. The molecule has 0 radical (unpaired) electrons. The van der Waals surface area contributed by atoms with E-state index in [0.717, 1.165) is 11.7 Å². The molecule has 2 rings (SSSR count). The van der Waals surface area contributed by atoms with Gasteiger partial charge in [0.15, 0.2) is 5.82 Å². The van der Waals surface area contributed by atoms with E-state index in [1.807, 2.05) is 0 Å². The van der Waals surface area contributed by atoms with E-state index in [9.17, 15) is 0 Å². The van der Waals surface area contributed by atoms with E-state index in [2.05, 4.69) is 17.1 Å². The maximum atomic E-state index is 5.34. The van der Waals surface area contributed by atoms with Gasteiger partial charge in [0, 0.05) is 12.5 Å². The first-order chi connectivity index (χ1) is 8.29. The molecule has 2 N–H and O–H groups in total. The fourth-order valence-corrected chi connectivity index (χ4v) is 2.25. The number of hydrogen-bond donors (Lipinski definition) is 1. The number of nitrogens with two attached hydrogens (primary N) is 1. The van der Waals surface area contributed by atoms with Gasteiger partial charge in [0.25, 0.3) is 5.89 Å². The minimum absolute atomic E-state index is 0.368. The van der Waals surface area contributed by atoms with Gasteiger partial charge in [-0.1, -0.05) is 24.9 Å². The normalized spacial score (nSPS) is 25.1. The van der Waals surface area contributed by atoms with Gasteiger partial charge in [-0.2, -0.15) is 4.98 Å².